The summed E-state index contributed by atoms with van der Waals surface area (Å²) in [4.78, 5) is 33.1. The molecule has 0 unspecified atom stereocenters. The van der Waals surface area contributed by atoms with Gasteiger partial charge < -0.3 is 15.1 Å². The van der Waals surface area contributed by atoms with Crippen molar-refractivity contribution in [2.45, 2.75) is 18.3 Å². The second kappa shape index (κ2) is 8.83. The molecule has 2 aromatic carbocycles. The number of pyridine rings is 1. The molecule has 2 aliphatic rings. The summed E-state index contributed by atoms with van der Waals surface area (Å²) in [5.41, 5.74) is 3.91. The minimum Gasteiger partial charge on any atom is -0.338 e. The van der Waals surface area contributed by atoms with Gasteiger partial charge in [-0.15, -0.1) is 0 Å². The predicted octanol–water partition coefficient (Wildman–Crippen LogP) is 4.34. The van der Waals surface area contributed by atoms with Crippen molar-refractivity contribution in [3.8, 4) is 0 Å². The number of aromatic nitrogens is 1. The van der Waals surface area contributed by atoms with E-state index < -0.39 is 0 Å². The van der Waals surface area contributed by atoms with Crippen LogP contribution in [0.15, 0.2) is 79.1 Å². The summed E-state index contributed by atoms with van der Waals surface area (Å²) in [7, 11) is 0. The highest BCUT2D eigenvalue weighted by atomic mass is 16.2. The Kier molecular flexibility index (Phi) is 5.58. The van der Waals surface area contributed by atoms with E-state index >= 15 is 0 Å². The second-order valence-corrected chi connectivity index (χ2v) is 8.54. The van der Waals surface area contributed by atoms with Crippen molar-refractivity contribution in [1.82, 2.24) is 14.8 Å². The minimum atomic E-state index is -0.0709. The molecule has 1 aromatic heterocycles. The van der Waals surface area contributed by atoms with Gasteiger partial charge in [0.05, 0.1) is 0 Å². The molecule has 3 amide bonds. The van der Waals surface area contributed by atoms with Crippen LogP contribution in [0.3, 0.4) is 0 Å². The Labute approximate surface area is 187 Å². The quantitative estimate of drug-likeness (QED) is 0.675. The van der Waals surface area contributed by atoms with Crippen LogP contribution in [0, 0.1) is 0 Å². The molecule has 3 aromatic rings. The number of nitrogens with zero attached hydrogens (tertiary/aromatic N) is 3. The smallest absolute Gasteiger partial charge is 0.321 e. The zero-order valence-electron chi connectivity index (χ0n) is 17.9. The van der Waals surface area contributed by atoms with Gasteiger partial charge >= 0.3 is 6.03 Å². The maximum atomic E-state index is 12.7. The monoisotopic (exact) mass is 426 g/mol. The van der Waals surface area contributed by atoms with Crippen LogP contribution in [-0.2, 0) is 0 Å². The SMILES string of the molecule is O=C(Nc1ccc([C@@H]2CCN(C(=O)c3ccccc3)C2)cc1)N1CC(c2cccnc2)C1. The first kappa shape index (κ1) is 20.2. The Morgan fingerprint density at radius 2 is 1.56 bits per heavy atom. The van der Waals surface area contributed by atoms with Gasteiger partial charge in [0.15, 0.2) is 0 Å². The number of benzene rings is 2. The first-order valence-electron chi connectivity index (χ1n) is 11.1. The molecule has 0 bridgehead atoms. The molecule has 2 fully saturated rings. The van der Waals surface area contributed by atoms with E-state index in [2.05, 4.69) is 28.5 Å². The number of carbonyl (C=O) groups excluding carboxylic acids is 2. The van der Waals surface area contributed by atoms with Crippen LogP contribution in [0.1, 0.15) is 39.7 Å². The van der Waals surface area contributed by atoms with Crippen LogP contribution < -0.4 is 5.32 Å². The molecule has 1 N–H and O–H groups in total. The van der Waals surface area contributed by atoms with Crippen molar-refractivity contribution in [3.05, 3.63) is 95.8 Å². The Hall–Kier alpha value is -3.67. The predicted molar refractivity (Wildman–Crippen MR) is 124 cm³/mol. The maximum absolute atomic E-state index is 12.7. The van der Waals surface area contributed by atoms with Crippen molar-refractivity contribution in [2.75, 3.05) is 31.5 Å². The number of rotatable bonds is 4. The van der Waals surface area contributed by atoms with Crippen molar-refractivity contribution < 1.29 is 9.59 Å². The standard InChI is InChI=1S/C26H26N4O2/c31-25(20-5-2-1-3-6-20)29-14-12-22(16-29)19-8-10-24(11-9-19)28-26(32)30-17-23(18-30)21-7-4-13-27-15-21/h1-11,13,15,22-23H,12,14,16-18H2,(H,28,32)/t22-/m1/s1. The molecule has 1 atom stereocenters. The molecule has 0 radical (unpaired) electrons. The van der Waals surface area contributed by atoms with Gasteiger partial charge in [-0.3, -0.25) is 9.78 Å². The highest BCUT2D eigenvalue weighted by Crippen LogP contribution is 2.30. The van der Waals surface area contributed by atoms with E-state index in [4.69, 9.17) is 0 Å². The average molecular weight is 427 g/mol. The van der Waals surface area contributed by atoms with Gasteiger partial charge in [0.1, 0.15) is 0 Å². The van der Waals surface area contributed by atoms with Crippen LogP contribution in [0.25, 0.3) is 0 Å². The van der Waals surface area contributed by atoms with Crippen LogP contribution in [-0.4, -0.2) is 52.9 Å². The molecular formula is C26H26N4O2. The maximum Gasteiger partial charge on any atom is 0.321 e. The first-order chi connectivity index (χ1) is 15.7. The van der Waals surface area contributed by atoms with Crippen LogP contribution in [0.5, 0.6) is 0 Å². The van der Waals surface area contributed by atoms with Gasteiger partial charge in [-0.2, -0.15) is 0 Å². The third-order valence-corrected chi connectivity index (χ3v) is 6.45. The van der Waals surface area contributed by atoms with Crippen LogP contribution in [0.4, 0.5) is 10.5 Å². The molecule has 5 rings (SSSR count). The molecule has 6 heteroatoms. The normalized spacial score (nSPS) is 18.3. The number of nitrogens with one attached hydrogen (secondary N) is 1. The molecule has 0 spiro atoms. The van der Waals surface area contributed by atoms with Crippen molar-refractivity contribution in [2.24, 2.45) is 0 Å². The van der Waals surface area contributed by atoms with Gasteiger partial charge in [0.2, 0.25) is 0 Å². The summed E-state index contributed by atoms with van der Waals surface area (Å²) in [6, 6.07) is 21.4. The second-order valence-electron chi connectivity index (χ2n) is 8.54. The number of anilines is 1. The third kappa shape index (κ3) is 4.21. The molecule has 3 heterocycles. The summed E-state index contributed by atoms with van der Waals surface area (Å²) < 4.78 is 0. The van der Waals surface area contributed by atoms with Gasteiger partial charge in [-0.1, -0.05) is 36.4 Å². The molecule has 2 aliphatic heterocycles. The topological polar surface area (TPSA) is 65.5 Å². The minimum absolute atomic E-state index is 0.0709. The Morgan fingerprint density at radius 1 is 0.812 bits per heavy atom. The lowest BCUT2D eigenvalue weighted by Crippen LogP contribution is -2.50. The van der Waals surface area contributed by atoms with E-state index in [9.17, 15) is 9.59 Å². The fourth-order valence-corrected chi connectivity index (χ4v) is 4.49. The first-order valence-corrected chi connectivity index (χ1v) is 11.1. The van der Waals surface area contributed by atoms with Gasteiger partial charge in [0, 0.05) is 61.7 Å². The highest BCUT2D eigenvalue weighted by Gasteiger charge is 2.32. The number of likely N-dealkylation sites (tertiary alicyclic amines) is 2. The fraction of sp³-hybridized carbons (Fsp3) is 0.269. The third-order valence-electron chi connectivity index (χ3n) is 6.45. The molecule has 2 saturated heterocycles. The number of hydrogen-bond acceptors (Lipinski definition) is 3. The summed E-state index contributed by atoms with van der Waals surface area (Å²) in [6.07, 6.45) is 4.59. The summed E-state index contributed by atoms with van der Waals surface area (Å²) in [5.74, 6) is 0.778. The van der Waals surface area contributed by atoms with E-state index in [1.165, 1.54) is 11.1 Å². The molecular weight excluding hydrogens is 400 g/mol. The molecule has 6 nitrogen and oxygen atoms in total. The van der Waals surface area contributed by atoms with Crippen molar-refractivity contribution in [3.63, 3.8) is 0 Å². The van der Waals surface area contributed by atoms with E-state index in [0.29, 0.717) is 24.9 Å². The van der Waals surface area contributed by atoms with Gasteiger partial charge in [-0.25, -0.2) is 4.79 Å². The summed E-state index contributed by atoms with van der Waals surface area (Å²) >= 11 is 0. The molecule has 0 saturated carbocycles. The van der Waals surface area contributed by atoms with E-state index in [-0.39, 0.29) is 11.9 Å². The Bertz CT molecular complexity index is 1080. The number of hydrogen-bond donors (Lipinski definition) is 1. The number of carbonyl (C=O) groups is 2. The largest absolute Gasteiger partial charge is 0.338 e. The van der Waals surface area contributed by atoms with Crippen LogP contribution in [0.2, 0.25) is 0 Å². The van der Waals surface area contributed by atoms with Crippen molar-refractivity contribution >= 4 is 17.6 Å². The van der Waals surface area contributed by atoms with Gasteiger partial charge in [-0.05, 0) is 47.9 Å². The van der Waals surface area contributed by atoms with Gasteiger partial charge in [0.25, 0.3) is 5.91 Å². The van der Waals surface area contributed by atoms with E-state index in [1.807, 2.05) is 64.5 Å². The fourth-order valence-electron chi connectivity index (χ4n) is 4.49. The Morgan fingerprint density at radius 3 is 2.28 bits per heavy atom. The lowest BCUT2D eigenvalue weighted by Gasteiger charge is -2.39. The summed E-state index contributed by atoms with van der Waals surface area (Å²) in [6.45, 7) is 2.92. The number of amides is 3. The molecule has 0 aliphatic carbocycles. The summed E-state index contributed by atoms with van der Waals surface area (Å²) in [5, 5.41) is 2.99. The molecule has 162 valence electrons. The zero-order chi connectivity index (χ0) is 21.9. The average Bonchev–Trinajstić information content (AvgIpc) is 3.30. The highest BCUT2D eigenvalue weighted by molar-refractivity contribution is 5.94. The Balaban J connectivity index is 1.13. The zero-order valence-corrected chi connectivity index (χ0v) is 17.9. The van der Waals surface area contributed by atoms with E-state index in [1.54, 1.807) is 6.20 Å². The van der Waals surface area contributed by atoms with E-state index in [0.717, 1.165) is 30.8 Å². The van der Waals surface area contributed by atoms with Crippen LogP contribution >= 0.6 is 0 Å². The lowest BCUT2D eigenvalue weighted by molar-refractivity contribution is 0.0790. The van der Waals surface area contributed by atoms with Crippen molar-refractivity contribution in [1.29, 1.82) is 0 Å². The lowest BCUT2D eigenvalue weighted by atomic mass is 9.93. The number of urea groups is 1. The molecule has 32 heavy (non-hydrogen) atoms.